The van der Waals surface area contributed by atoms with E-state index < -0.39 is 15.9 Å². The highest BCUT2D eigenvalue weighted by molar-refractivity contribution is 7.91. The number of nitrogens with one attached hydrogen (secondary N) is 3. The van der Waals surface area contributed by atoms with E-state index >= 15 is 0 Å². The van der Waals surface area contributed by atoms with E-state index in [0.29, 0.717) is 10.9 Å². The molecule has 0 spiro atoms. The van der Waals surface area contributed by atoms with E-state index in [4.69, 9.17) is 11.1 Å². The zero-order valence-corrected chi connectivity index (χ0v) is 16.6. The van der Waals surface area contributed by atoms with Crippen molar-refractivity contribution in [2.75, 3.05) is 24.3 Å². The summed E-state index contributed by atoms with van der Waals surface area (Å²) in [5.74, 6) is -0.265. The summed E-state index contributed by atoms with van der Waals surface area (Å²) in [4.78, 5) is 0.279. The standard InChI is InChI=1S/C21H24N4O3S/c22-21(23)16-8-10-17(11-9-16)25-13-18(26)12-24-14-29(27,28)20-7-3-5-15-4-1-2-6-19(15)20/h1-11,18,24-26H,12-14H2,(H3,22,23). The number of aliphatic hydroxyl groups is 1. The van der Waals surface area contributed by atoms with E-state index in [-0.39, 0.29) is 29.7 Å². The minimum atomic E-state index is -3.54. The lowest BCUT2D eigenvalue weighted by atomic mass is 10.1. The van der Waals surface area contributed by atoms with Crippen LogP contribution < -0.4 is 16.4 Å². The first-order valence-corrected chi connectivity index (χ1v) is 10.8. The molecule has 0 bridgehead atoms. The van der Waals surface area contributed by atoms with Gasteiger partial charge in [0.1, 0.15) is 11.7 Å². The van der Waals surface area contributed by atoms with Crippen LogP contribution >= 0.6 is 0 Å². The Hall–Kier alpha value is -2.94. The Morgan fingerprint density at radius 1 is 1.00 bits per heavy atom. The second-order valence-corrected chi connectivity index (χ2v) is 8.67. The Balaban J connectivity index is 1.52. The number of sulfone groups is 1. The molecule has 0 fully saturated rings. The first-order valence-electron chi connectivity index (χ1n) is 9.14. The minimum absolute atomic E-state index is 0.00631. The molecule has 3 rings (SSSR count). The van der Waals surface area contributed by atoms with Crippen LogP contribution in [0.3, 0.4) is 0 Å². The summed E-state index contributed by atoms with van der Waals surface area (Å²) in [6.07, 6.45) is -0.773. The molecule has 0 aliphatic carbocycles. The smallest absolute Gasteiger partial charge is 0.191 e. The fraction of sp³-hybridized carbons (Fsp3) is 0.190. The molecule has 0 aliphatic heterocycles. The van der Waals surface area contributed by atoms with E-state index in [1.165, 1.54) is 0 Å². The molecule has 1 atom stereocenters. The van der Waals surface area contributed by atoms with Gasteiger partial charge in [0.05, 0.1) is 11.0 Å². The normalized spacial score (nSPS) is 12.6. The third-order valence-corrected chi connectivity index (χ3v) is 6.10. The van der Waals surface area contributed by atoms with Gasteiger partial charge in [-0.2, -0.15) is 0 Å². The number of hydrogen-bond donors (Lipinski definition) is 5. The van der Waals surface area contributed by atoms with E-state index in [1.54, 1.807) is 42.5 Å². The third kappa shape index (κ3) is 5.32. The molecule has 3 aromatic rings. The average Bonchev–Trinajstić information content (AvgIpc) is 2.72. The van der Waals surface area contributed by atoms with Gasteiger partial charge in [-0.05, 0) is 35.7 Å². The maximum atomic E-state index is 12.7. The quantitative estimate of drug-likeness (QED) is 0.270. The van der Waals surface area contributed by atoms with Crippen molar-refractivity contribution in [3.8, 4) is 0 Å². The lowest BCUT2D eigenvalue weighted by Gasteiger charge is -2.15. The number of benzene rings is 3. The third-order valence-electron chi connectivity index (χ3n) is 4.49. The van der Waals surface area contributed by atoms with Gasteiger partial charge in [-0.1, -0.05) is 36.4 Å². The van der Waals surface area contributed by atoms with Gasteiger partial charge in [0.25, 0.3) is 0 Å². The molecule has 0 aliphatic rings. The first kappa shape index (κ1) is 20.8. The summed E-state index contributed by atoms with van der Waals surface area (Å²) in [5.41, 5.74) is 6.81. The monoisotopic (exact) mass is 412 g/mol. The molecule has 0 heterocycles. The summed E-state index contributed by atoms with van der Waals surface area (Å²) < 4.78 is 25.4. The number of aliphatic hydroxyl groups excluding tert-OH is 1. The van der Waals surface area contributed by atoms with Gasteiger partial charge in [0.15, 0.2) is 9.84 Å². The molecule has 29 heavy (non-hydrogen) atoms. The van der Waals surface area contributed by atoms with Gasteiger partial charge < -0.3 is 21.5 Å². The Morgan fingerprint density at radius 2 is 1.69 bits per heavy atom. The van der Waals surface area contributed by atoms with Crippen LogP contribution in [0, 0.1) is 5.41 Å². The highest BCUT2D eigenvalue weighted by Crippen LogP contribution is 2.23. The zero-order valence-electron chi connectivity index (χ0n) is 15.8. The maximum absolute atomic E-state index is 12.7. The molecule has 8 heteroatoms. The highest BCUT2D eigenvalue weighted by atomic mass is 32.2. The number of anilines is 1. The second-order valence-electron chi connectivity index (χ2n) is 6.72. The van der Waals surface area contributed by atoms with Crippen molar-refractivity contribution < 1.29 is 13.5 Å². The van der Waals surface area contributed by atoms with Gasteiger partial charge in [-0.25, -0.2) is 8.42 Å². The topological polar surface area (TPSA) is 128 Å². The SMILES string of the molecule is N=C(N)c1ccc(NCC(O)CNCS(=O)(=O)c2cccc3ccccc23)cc1. The van der Waals surface area contributed by atoms with Crippen LogP contribution in [0.2, 0.25) is 0 Å². The van der Waals surface area contributed by atoms with Gasteiger partial charge in [0.2, 0.25) is 0 Å². The number of hydrogen-bond acceptors (Lipinski definition) is 6. The zero-order chi connectivity index (χ0) is 20.9. The largest absolute Gasteiger partial charge is 0.390 e. The van der Waals surface area contributed by atoms with Gasteiger partial charge >= 0.3 is 0 Å². The van der Waals surface area contributed by atoms with Crippen molar-refractivity contribution in [3.05, 3.63) is 72.3 Å². The Labute approximate surface area is 170 Å². The van der Waals surface area contributed by atoms with Crippen LogP contribution in [0.15, 0.2) is 71.6 Å². The maximum Gasteiger partial charge on any atom is 0.191 e. The molecule has 0 aromatic heterocycles. The van der Waals surface area contributed by atoms with Crippen LogP contribution in [0.4, 0.5) is 5.69 Å². The van der Waals surface area contributed by atoms with E-state index in [2.05, 4.69) is 10.6 Å². The van der Waals surface area contributed by atoms with E-state index in [9.17, 15) is 13.5 Å². The molecular formula is C21H24N4O3S. The Morgan fingerprint density at radius 3 is 2.41 bits per heavy atom. The van der Waals surface area contributed by atoms with Crippen molar-refractivity contribution in [2.45, 2.75) is 11.0 Å². The summed E-state index contributed by atoms with van der Waals surface area (Å²) in [6, 6.07) is 19.5. The number of rotatable bonds is 9. The van der Waals surface area contributed by atoms with E-state index in [1.807, 2.05) is 24.3 Å². The number of fused-ring (bicyclic) bond motifs is 1. The molecule has 0 saturated carbocycles. The molecule has 0 radical (unpaired) electrons. The van der Waals surface area contributed by atoms with Crippen molar-refractivity contribution >= 4 is 32.1 Å². The molecule has 6 N–H and O–H groups in total. The predicted molar refractivity (Wildman–Crippen MR) is 116 cm³/mol. The molecular weight excluding hydrogens is 388 g/mol. The second kappa shape index (κ2) is 9.04. The van der Waals surface area contributed by atoms with Crippen LogP contribution in [-0.4, -0.2) is 44.4 Å². The van der Waals surface area contributed by atoms with Gasteiger partial charge in [-0.3, -0.25) is 5.41 Å². The Kier molecular flexibility index (Phi) is 6.48. The number of nitrogen functional groups attached to an aromatic ring is 1. The van der Waals surface area contributed by atoms with Crippen LogP contribution in [0.25, 0.3) is 10.8 Å². The van der Waals surface area contributed by atoms with Gasteiger partial charge in [0, 0.05) is 29.7 Å². The molecule has 0 amide bonds. The Bertz CT molecular complexity index is 1090. The van der Waals surface area contributed by atoms with Crippen molar-refractivity contribution in [3.63, 3.8) is 0 Å². The van der Waals surface area contributed by atoms with Crippen LogP contribution in [-0.2, 0) is 9.84 Å². The number of nitrogens with two attached hydrogens (primary N) is 1. The molecule has 0 saturated heterocycles. The average molecular weight is 413 g/mol. The van der Waals surface area contributed by atoms with Crippen molar-refractivity contribution in [2.24, 2.45) is 5.73 Å². The molecule has 152 valence electrons. The minimum Gasteiger partial charge on any atom is -0.390 e. The van der Waals surface area contributed by atoms with Crippen molar-refractivity contribution in [1.82, 2.24) is 5.32 Å². The molecule has 3 aromatic carbocycles. The number of amidine groups is 1. The van der Waals surface area contributed by atoms with Gasteiger partial charge in [-0.15, -0.1) is 0 Å². The first-order chi connectivity index (χ1) is 13.9. The molecule has 1 unspecified atom stereocenters. The summed E-state index contributed by atoms with van der Waals surface area (Å²) >= 11 is 0. The van der Waals surface area contributed by atoms with Crippen LogP contribution in [0.5, 0.6) is 0 Å². The van der Waals surface area contributed by atoms with Crippen molar-refractivity contribution in [1.29, 1.82) is 5.41 Å². The molecule has 7 nitrogen and oxygen atoms in total. The predicted octanol–water partition coefficient (Wildman–Crippen LogP) is 1.92. The lowest BCUT2D eigenvalue weighted by molar-refractivity contribution is 0.186. The highest BCUT2D eigenvalue weighted by Gasteiger charge is 2.17. The summed E-state index contributed by atoms with van der Waals surface area (Å²) in [6.45, 7) is 0.378. The van der Waals surface area contributed by atoms with Crippen LogP contribution in [0.1, 0.15) is 5.56 Å². The fourth-order valence-corrected chi connectivity index (χ4v) is 4.33. The summed E-state index contributed by atoms with van der Waals surface area (Å²) in [5, 5.41) is 24.9. The fourth-order valence-electron chi connectivity index (χ4n) is 2.98. The summed E-state index contributed by atoms with van der Waals surface area (Å²) in [7, 11) is -3.54. The lowest BCUT2D eigenvalue weighted by Crippen LogP contribution is -2.35. The van der Waals surface area contributed by atoms with E-state index in [0.717, 1.165) is 11.1 Å².